The highest BCUT2D eigenvalue weighted by atomic mass is 35.5. The van der Waals surface area contributed by atoms with Crippen molar-refractivity contribution in [2.75, 3.05) is 5.32 Å². The summed E-state index contributed by atoms with van der Waals surface area (Å²) in [5.74, 6) is -0.838. The molecule has 2 aromatic carbocycles. The highest BCUT2D eigenvalue weighted by Crippen LogP contribution is 2.71. The van der Waals surface area contributed by atoms with Gasteiger partial charge in [-0.25, -0.2) is 4.79 Å². The number of carbonyl (C=O) groups is 2. The van der Waals surface area contributed by atoms with Crippen LogP contribution in [0.2, 0.25) is 20.1 Å². The molecule has 2 aromatic rings. The van der Waals surface area contributed by atoms with E-state index in [0.29, 0.717) is 39.3 Å². The summed E-state index contributed by atoms with van der Waals surface area (Å²) in [4.78, 5) is 31.4. The van der Waals surface area contributed by atoms with Crippen LogP contribution < -0.4 is 5.32 Å². The quantitative estimate of drug-likeness (QED) is 0.327. The van der Waals surface area contributed by atoms with Gasteiger partial charge < -0.3 is 10.2 Å². The van der Waals surface area contributed by atoms with Crippen molar-refractivity contribution >= 4 is 69.7 Å². The first-order chi connectivity index (χ1) is 15.4. The smallest absolute Gasteiger partial charge is 0.324 e. The highest BCUT2D eigenvalue weighted by Gasteiger charge is 2.71. The molecular formula is C24H22Cl4N2O3. The molecule has 9 heteroatoms. The highest BCUT2D eigenvalue weighted by molar-refractivity contribution is 6.44. The Bertz CT molecular complexity index is 1200. The van der Waals surface area contributed by atoms with E-state index in [1.54, 1.807) is 24.3 Å². The van der Waals surface area contributed by atoms with Crippen LogP contribution in [0.25, 0.3) is 0 Å². The van der Waals surface area contributed by atoms with Crippen LogP contribution in [-0.4, -0.2) is 17.6 Å². The van der Waals surface area contributed by atoms with E-state index in [4.69, 9.17) is 51.2 Å². The van der Waals surface area contributed by atoms with Gasteiger partial charge >= 0.3 is 5.97 Å². The first-order valence-corrected chi connectivity index (χ1v) is 11.9. The largest absolute Gasteiger partial charge is 0.367 e. The number of benzene rings is 2. The van der Waals surface area contributed by atoms with Gasteiger partial charge in [-0.05, 0) is 48.6 Å². The number of anilines is 1. The fraction of sp³-hybridized carbons (Fsp3) is 0.375. The average molecular weight is 528 g/mol. The Morgan fingerprint density at radius 2 is 1.73 bits per heavy atom. The summed E-state index contributed by atoms with van der Waals surface area (Å²) in [6.07, 6.45) is 1.77. The van der Waals surface area contributed by atoms with Crippen LogP contribution in [0.3, 0.4) is 0 Å². The molecule has 0 radical (unpaired) electrons. The third-order valence-corrected chi connectivity index (χ3v) is 9.12. The van der Waals surface area contributed by atoms with Crippen molar-refractivity contribution in [1.82, 2.24) is 0 Å². The standard InChI is InChI=1S/C24H22Cl4N2O3/c1-22(2)23(3)9-10-24(22,21(32)29-17-6-4-5-15(26)19(17)28)12-18(23)30-33-20(31)14-8-7-13(25)11-16(14)27/h4-8,11H,9-10,12H2,1-3H3,(H,29,32)/b30-18+. The van der Waals surface area contributed by atoms with E-state index in [1.165, 1.54) is 12.1 Å². The number of oxime groups is 1. The number of hydrogen-bond acceptors (Lipinski definition) is 4. The molecule has 2 aliphatic carbocycles. The van der Waals surface area contributed by atoms with Crippen LogP contribution in [0.4, 0.5) is 5.69 Å². The Hall–Kier alpha value is -1.79. The minimum Gasteiger partial charge on any atom is -0.324 e. The number of carbonyl (C=O) groups excluding carboxylic acids is 2. The summed E-state index contributed by atoms with van der Waals surface area (Å²) in [5.41, 5.74) is -0.311. The van der Waals surface area contributed by atoms with Gasteiger partial charge in [0.05, 0.1) is 37.4 Å². The summed E-state index contributed by atoms with van der Waals surface area (Å²) in [6.45, 7) is 6.17. The SMILES string of the molecule is CC12CCC(C(=O)Nc3cccc(Cl)c3Cl)(C/C1=N\OC(=O)c1ccc(Cl)cc1Cl)C2(C)C. The lowest BCUT2D eigenvalue weighted by Crippen LogP contribution is -2.43. The van der Waals surface area contributed by atoms with Gasteiger partial charge in [0.15, 0.2) is 0 Å². The lowest BCUT2D eigenvalue weighted by molar-refractivity contribution is -0.130. The fourth-order valence-electron chi connectivity index (χ4n) is 5.17. The summed E-state index contributed by atoms with van der Waals surface area (Å²) in [5, 5.41) is 8.44. The molecule has 4 rings (SSSR count). The number of rotatable bonds is 4. The van der Waals surface area contributed by atoms with E-state index in [0.717, 1.165) is 6.42 Å². The van der Waals surface area contributed by atoms with Gasteiger partial charge in [-0.2, -0.15) is 0 Å². The zero-order valence-corrected chi connectivity index (χ0v) is 21.3. The molecule has 2 atom stereocenters. The van der Waals surface area contributed by atoms with E-state index < -0.39 is 22.2 Å². The molecule has 2 saturated carbocycles. The van der Waals surface area contributed by atoms with Crippen molar-refractivity contribution in [2.45, 2.75) is 40.0 Å². The summed E-state index contributed by atoms with van der Waals surface area (Å²) >= 11 is 24.4. The van der Waals surface area contributed by atoms with Gasteiger partial charge in [0.25, 0.3) is 0 Å². The van der Waals surface area contributed by atoms with Gasteiger partial charge in [-0.15, -0.1) is 0 Å². The monoisotopic (exact) mass is 526 g/mol. The minimum atomic E-state index is -0.740. The zero-order chi connectivity index (χ0) is 24.2. The van der Waals surface area contributed by atoms with Gasteiger partial charge in [0.1, 0.15) is 0 Å². The maximum absolute atomic E-state index is 13.6. The number of hydrogen-bond donors (Lipinski definition) is 1. The fourth-order valence-corrected chi connectivity index (χ4v) is 6.00. The molecule has 2 aliphatic rings. The molecule has 2 unspecified atom stereocenters. The van der Waals surface area contributed by atoms with Crippen molar-refractivity contribution < 1.29 is 14.4 Å². The van der Waals surface area contributed by atoms with Crippen molar-refractivity contribution in [3.63, 3.8) is 0 Å². The second kappa shape index (κ2) is 8.46. The van der Waals surface area contributed by atoms with E-state index in [9.17, 15) is 9.59 Å². The van der Waals surface area contributed by atoms with Crippen LogP contribution >= 0.6 is 46.4 Å². The number of halogens is 4. The molecular weight excluding hydrogens is 506 g/mol. The summed E-state index contributed by atoms with van der Waals surface area (Å²) in [6, 6.07) is 9.62. The van der Waals surface area contributed by atoms with Crippen LogP contribution in [0.5, 0.6) is 0 Å². The van der Waals surface area contributed by atoms with Gasteiger partial charge in [0, 0.05) is 16.9 Å². The molecule has 0 saturated heterocycles. The van der Waals surface area contributed by atoms with E-state index in [2.05, 4.69) is 31.2 Å². The number of amides is 1. The van der Waals surface area contributed by atoms with Crippen molar-refractivity contribution in [1.29, 1.82) is 0 Å². The van der Waals surface area contributed by atoms with E-state index >= 15 is 0 Å². The molecule has 5 nitrogen and oxygen atoms in total. The van der Waals surface area contributed by atoms with Gasteiger partial charge in [0.2, 0.25) is 5.91 Å². The second-order valence-electron chi connectivity index (χ2n) is 9.31. The number of nitrogens with one attached hydrogen (secondary N) is 1. The topological polar surface area (TPSA) is 67.8 Å². The summed E-state index contributed by atoms with van der Waals surface area (Å²) < 4.78 is 0. The Kier molecular flexibility index (Phi) is 6.24. The maximum atomic E-state index is 13.6. The molecule has 0 spiro atoms. The lowest BCUT2D eigenvalue weighted by Gasteiger charge is -2.39. The molecule has 0 heterocycles. The predicted molar refractivity (Wildman–Crippen MR) is 133 cm³/mol. The third kappa shape index (κ3) is 3.74. The van der Waals surface area contributed by atoms with Crippen LogP contribution in [0.1, 0.15) is 50.4 Å². The molecule has 1 amide bonds. The van der Waals surface area contributed by atoms with Gasteiger partial charge in [-0.1, -0.05) is 78.4 Å². The van der Waals surface area contributed by atoms with Crippen molar-refractivity contribution in [3.8, 4) is 0 Å². The Labute approximate surface area is 212 Å². The molecule has 2 fully saturated rings. The Morgan fingerprint density at radius 1 is 1.00 bits per heavy atom. The van der Waals surface area contributed by atoms with Crippen molar-refractivity contribution in [3.05, 3.63) is 62.1 Å². The third-order valence-electron chi connectivity index (χ3n) is 7.76. The molecule has 0 aromatic heterocycles. The van der Waals surface area contributed by atoms with E-state index in [-0.39, 0.29) is 16.5 Å². The average Bonchev–Trinajstić information content (AvgIpc) is 3.06. The normalized spacial score (nSPS) is 26.5. The maximum Gasteiger partial charge on any atom is 0.367 e. The van der Waals surface area contributed by atoms with E-state index in [1.807, 2.05) is 0 Å². The molecule has 2 bridgehead atoms. The first-order valence-electron chi connectivity index (χ1n) is 10.4. The van der Waals surface area contributed by atoms with Crippen LogP contribution in [0.15, 0.2) is 41.6 Å². The molecule has 0 aliphatic heterocycles. The predicted octanol–water partition coefficient (Wildman–Crippen LogP) is 7.67. The zero-order valence-electron chi connectivity index (χ0n) is 18.3. The number of nitrogens with zero attached hydrogens (tertiary/aromatic N) is 1. The Morgan fingerprint density at radius 3 is 2.42 bits per heavy atom. The molecule has 1 N–H and O–H groups in total. The summed E-state index contributed by atoms with van der Waals surface area (Å²) in [7, 11) is 0. The van der Waals surface area contributed by atoms with Crippen molar-refractivity contribution in [2.24, 2.45) is 21.4 Å². The second-order valence-corrected chi connectivity index (χ2v) is 10.9. The minimum absolute atomic E-state index is 0.155. The number of fused-ring (bicyclic) bond motifs is 2. The molecule has 33 heavy (non-hydrogen) atoms. The van der Waals surface area contributed by atoms with Crippen LogP contribution in [-0.2, 0) is 9.63 Å². The first kappa shape index (κ1) is 24.3. The molecule has 174 valence electrons. The van der Waals surface area contributed by atoms with Gasteiger partial charge in [-0.3, -0.25) is 4.79 Å². The Balaban J connectivity index is 1.61. The lowest BCUT2D eigenvalue weighted by atomic mass is 9.64. The van der Waals surface area contributed by atoms with Crippen LogP contribution in [0, 0.1) is 16.2 Å².